The minimum absolute atomic E-state index is 0.00255. The fraction of sp³-hybridized carbons (Fsp3) is 0.278. The van der Waals surface area contributed by atoms with Crippen molar-refractivity contribution in [2.75, 3.05) is 32.1 Å². The molecule has 23 heavy (non-hydrogen) atoms. The molecule has 0 saturated carbocycles. The molecule has 0 bridgehead atoms. The minimum Gasteiger partial charge on any atom is -0.497 e. The molecule has 0 atom stereocenters. The number of nitrogens with zero attached hydrogens (tertiary/aromatic N) is 1. The van der Waals surface area contributed by atoms with Crippen LogP contribution in [0.2, 0.25) is 5.02 Å². The normalized spacial score (nSPS) is 10.2. The Balaban J connectivity index is 1.76. The van der Waals surface area contributed by atoms with Gasteiger partial charge in [0, 0.05) is 30.8 Å². The topological polar surface area (TPSA) is 41.6 Å². The molecular formula is C18H21ClN2O2. The maximum Gasteiger partial charge on any atom is 0.224 e. The molecule has 2 rings (SSSR count). The number of carbonyl (C=O) groups excluding carboxylic acids is 1. The third-order valence-corrected chi connectivity index (χ3v) is 3.79. The Hall–Kier alpha value is -2.20. The number of amides is 1. The van der Waals surface area contributed by atoms with Crippen LogP contribution < -0.4 is 15.0 Å². The van der Waals surface area contributed by atoms with Gasteiger partial charge in [-0.3, -0.25) is 4.79 Å². The lowest BCUT2D eigenvalue weighted by Gasteiger charge is -2.19. The third kappa shape index (κ3) is 5.49. The summed E-state index contributed by atoms with van der Waals surface area (Å²) in [5, 5.41) is 3.65. The van der Waals surface area contributed by atoms with E-state index < -0.39 is 0 Å². The molecule has 122 valence electrons. The Morgan fingerprint density at radius 3 is 2.65 bits per heavy atom. The van der Waals surface area contributed by atoms with E-state index in [4.69, 9.17) is 16.3 Å². The van der Waals surface area contributed by atoms with Crippen molar-refractivity contribution in [2.24, 2.45) is 0 Å². The van der Waals surface area contributed by atoms with Crippen LogP contribution in [0.15, 0.2) is 48.5 Å². The Morgan fingerprint density at radius 1 is 1.22 bits per heavy atom. The largest absolute Gasteiger partial charge is 0.497 e. The molecule has 2 aromatic carbocycles. The van der Waals surface area contributed by atoms with Gasteiger partial charge in [0.2, 0.25) is 5.91 Å². The summed E-state index contributed by atoms with van der Waals surface area (Å²) in [6.45, 7) is 1.31. The van der Waals surface area contributed by atoms with Crippen LogP contribution in [0.1, 0.15) is 5.56 Å². The van der Waals surface area contributed by atoms with Gasteiger partial charge in [0.1, 0.15) is 5.75 Å². The maximum atomic E-state index is 12.0. The summed E-state index contributed by atoms with van der Waals surface area (Å²) in [6.07, 6.45) is 0.349. The van der Waals surface area contributed by atoms with E-state index in [2.05, 4.69) is 10.2 Å². The molecule has 1 amide bonds. The fourth-order valence-electron chi connectivity index (χ4n) is 2.22. The van der Waals surface area contributed by atoms with Crippen molar-refractivity contribution in [3.63, 3.8) is 0 Å². The summed E-state index contributed by atoms with van der Waals surface area (Å²) in [6, 6.07) is 15.2. The van der Waals surface area contributed by atoms with Crippen LogP contribution >= 0.6 is 11.6 Å². The number of likely N-dealkylation sites (N-methyl/N-ethyl adjacent to an activating group) is 1. The molecule has 2 aromatic rings. The first-order valence-corrected chi connectivity index (χ1v) is 7.82. The number of methoxy groups -OCH3 is 1. The smallest absolute Gasteiger partial charge is 0.224 e. The SMILES string of the molecule is COc1cccc(CC(=O)NCCN(C)c2ccc(Cl)cc2)c1. The van der Waals surface area contributed by atoms with Gasteiger partial charge in [-0.2, -0.15) is 0 Å². The number of anilines is 1. The minimum atomic E-state index is 0.00255. The number of rotatable bonds is 7. The van der Waals surface area contributed by atoms with E-state index >= 15 is 0 Å². The number of hydrogen-bond donors (Lipinski definition) is 1. The van der Waals surface area contributed by atoms with Crippen LogP contribution in [0, 0.1) is 0 Å². The van der Waals surface area contributed by atoms with Gasteiger partial charge in [-0.05, 0) is 42.0 Å². The molecule has 0 aliphatic heterocycles. The van der Waals surface area contributed by atoms with Crippen LogP contribution in [-0.2, 0) is 11.2 Å². The number of halogens is 1. The highest BCUT2D eigenvalue weighted by Gasteiger charge is 2.05. The molecule has 4 nitrogen and oxygen atoms in total. The second-order valence-corrected chi connectivity index (χ2v) is 5.71. The Bertz CT molecular complexity index is 644. The van der Waals surface area contributed by atoms with Gasteiger partial charge in [0.15, 0.2) is 0 Å². The van der Waals surface area contributed by atoms with Crippen LogP contribution in [0.3, 0.4) is 0 Å². The molecule has 0 spiro atoms. The van der Waals surface area contributed by atoms with E-state index in [9.17, 15) is 4.79 Å². The lowest BCUT2D eigenvalue weighted by molar-refractivity contribution is -0.120. The Labute approximate surface area is 142 Å². The zero-order chi connectivity index (χ0) is 16.7. The van der Waals surface area contributed by atoms with E-state index in [-0.39, 0.29) is 5.91 Å². The van der Waals surface area contributed by atoms with E-state index in [1.807, 2.05) is 55.6 Å². The summed E-state index contributed by atoms with van der Waals surface area (Å²) in [5.74, 6) is 0.764. The van der Waals surface area contributed by atoms with E-state index in [0.29, 0.717) is 18.0 Å². The fourth-order valence-corrected chi connectivity index (χ4v) is 2.34. The second kappa shape index (κ2) is 8.44. The first kappa shape index (κ1) is 17.2. The summed E-state index contributed by atoms with van der Waals surface area (Å²) >= 11 is 5.88. The highest BCUT2D eigenvalue weighted by atomic mass is 35.5. The van der Waals surface area contributed by atoms with E-state index in [1.165, 1.54) is 0 Å². The number of carbonyl (C=O) groups is 1. The Kier molecular flexibility index (Phi) is 6.29. The highest BCUT2D eigenvalue weighted by Crippen LogP contribution is 2.16. The molecular weight excluding hydrogens is 312 g/mol. The highest BCUT2D eigenvalue weighted by molar-refractivity contribution is 6.30. The zero-order valence-corrected chi connectivity index (χ0v) is 14.1. The van der Waals surface area contributed by atoms with Crippen LogP contribution in [-0.4, -0.2) is 33.2 Å². The molecule has 0 aliphatic rings. The lowest BCUT2D eigenvalue weighted by Crippen LogP contribution is -2.33. The molecule has 1 N–H and O–H groups in total. The molecule has 5 heteroatoms. The second-order valence-electron chi connectivity index (χ2n) is 5.28. The average Bonchev–Trinajstić information content (AvgIpc) is 2.55. The van der Waals surface area contributed by atoms with Crippen molar-refractivity contribution in [3.05, 3.63) is 59.1 Å². The van der Waals surface area contributed by atoms with Gasteiger partial charge in [-0.25, -0.2) is 0 Å². The standard InChI is InChI=1S/C18H21ClN2O2/c1-21(16-8-6-15(19)7-9-16)11-10-20-18(22)13-14-4-3-5-17(12-14)23-2/h3-9,12H,10-11,13H2,1-2H3,(H,20,22). The quantitative estimate of drug-likeness (QED) is 0.847. The van der Waals surface area contributed by atoms with Gasteiger partial charge in [0.05, 0.1) is 13.5 Å². The zero-order valence-electron chi connectivity index (χ0n) is 13.4. The number of hydrogen-bond acceptors (Lipinski definition) is 3. The summed E-state index contributed by atoms with van der Waals surface area (Å²) in [7, 11) is 3.60. The maximum absolute atomic E-state index is 12.0. The monoisotopic (exact) mass is 332 g/mol. The van der Waals surface area contributed by atoms with Crippen molar-refractivity contribution in [1.82, 2.24) is 5.32 Å². The van der Waals surface area contributed by atoms with Crippen molar-refractivity contribution in [3.8, 4) is 5.75 Å². The van der Waals surface area contributed by atoms with Gasteiger partial charge in [-0.1, -0.05) is 23.7 Å². The van der Waals surface area contributed by atoms with Crippen molar-refractivity contribution in [2.45, 2.75) is 6.42 Å². The van der Waals surface area contributed by atoms with Crippen LogP contribution in [0.5, 0.6) is 5.75 Å². The number of ether oxygens (including phenoxy) is 1. The number of nitrogens with one attached hydrogen (secondary N) is 1. The molecule has 0 saturated heterocycles. The van der Waals surface area contributed by atoms with Crippen molar-refractivity contribution >= 4 is 23.2 Å². The first-order valence-electron chi connectivity index (χ1n) is 7.45. The van der Waals surface area contributed by atoms with E-state index in [0.717, 1.165) is 23.5 Å². The molecule has 0 fully saturated rings. The molecule has 0 radical (unpaired) electrons. The Morgan fingerprint density at radius 2 is 1.96 bits per heavy atom. The summed E-state index contributed by atoms with van der Waals surface area (Å²) < 4.78 is 5.16. The third-order valence-electron chi connectivity index (χ3n) is 3.54. The predicted molar refractivity (Wildman–Crippen MR) is 94.4 cm³/mol. The molecule has 0 aromatic heterocycles. The predicted octanol–water partition coefficient (Wildman–Crippen LogP) is 3.14. The molecule has 0 aliphatic carbocycles. The number of benzene rings is 2. The van der Waals surface area contributed by atoms with Gasteiger partial charge < -0.3 is 15.0 Å². The molecule has 0 unspecified atom stereocenters. The average molecular weight is 333 g/mol. The van der Waals surface area contributed by atoms with Crippen LogP contribution in [0.25, 0.3) is 0 Å². The summed E-state index contributed by atoms with van der Waals surface area (Å²) in [4.78, 5) is 14.1. The van der Waals surface area contributed by atoms with Gasteiger partial charge >= 0.3 is 0 Å². The van der Waals surface area contributed by atoms with E-state index in [1.54, 1.807) is 7.11 Å². The van der Waals surface area contributed by atoms with Crippen molar-refractivity contribution in [1.29, 1.82) is 0 Å². The summed E-state index contributed by atoms with van der Waals surface area (Å²) in [5.41, 5.74) is 2.00. The lowest BCUT2D eigenvalue weighted by atomic mass is 10.1. The molecule has 0 heterocycles. The van der Waals surface area contributed by atoms with Crippen LogP contribution in [0.4, 0.5) is 5.69 Å². The first-order chi connectivity index (χ1) is 11.1. The van der Waals surface area contributed by atoms with Crippen molar-refractivity contribution < 1.29 is 9.53 Å². The van der Waals surface area contributed by atoms with Gasteiger partial charge in [-0.15, -0.1) is 0 Å². The van der Waals surface area contributed by atoms with Gasteiger partial charge in [0.25, 0.3) is 0 Å².